The summed E-state index contributed by atoms with van der Waals surface area (Å²) in [6.45, 7) is 0. The van der Waals surface area contributed by atoms with Crippen LogP contribution in [-0.2, 0) is 0 Å². The number of aliphatic hydroxyl groups is 1. The van der Waals surface area contributed by atoms with Crippen molar-refractivity contribution in [2.75, 3.05) is 0 Å². The maximum absolute atomic E-state index is 13.2. The molecule has 1 amide bonds. The Morgan fingerprint density at radius 3 is 2.64 bits per heavy atom. The van der Waals surface area contributed by atoms with E-state index in [1.165, 1.54) is 12.1 Å². The molecule has 1 aliphatic rings. The molecule has 0 aliphatic heterocycles. The molecule has 1 aromatic heterocycles. The van der Waals surface area contributed by atoms with Crippen LogP contribution in [0.3, 0.4) is 0 Å². The highest BCUT2D eigenvalue weighted by atomic mass is 19.1. The summed E-state index contributed by atoms with van der Waals surface area (Å²) in [5, 5.41) is 13.7. The van der Waals surface area contributed by atoms with Gasteiger partial charge >= 0.3 is 0 Å². The van der Waals surface area contributed by atoms with E-state index in [9.17, 15) is 14.3 Å². The Kier molecular flexibility index (Phi) is 4.01. The number of rotatable bonds is 4. The molecule has 3 aromatic rings. The van der Waals surface area contributed by atoms with Gasteiger partial charge in [-0.15, -0.1) is 0 Å². The minimum atomic E-state index is -0.318. The van der Waals surface area contributed by atoms with Gasteiger partial charge in [-0.05, 0) is 60.7 Å². The van der Waals surface area contributed by atoms with E-state index in [-0.39, 0.29) is 29.8 Å². The molecule has 0 saturated heterocycles. The summed E-state index contributed by atoms with van der Waals surface area (Å²) in [5.74, 6) is -0.320. The van der Waals surface area contributed by atoms with Gasteiger partial charge in [0.1, 0.15) is 5.82 Å². The number of carbonyl (C=O) groups excluding carboxylic acids is 1. The maximum Gasteiger partial charge on any atom is 0.251 e. The quantitative estimate of drug-likeness (QED) is 0.681. The molecule has 3 N–H and O–H groups in total. The van der Waals surface area contributed by atoms with E-state index >= 15 is 0 Å². The van der Waals surface area contributed by atoms with Gasteiger partial charge in [-0.1, -0.05) is 12.1 Å². The normalized spacial score (nSPS) is 20.9. The van der Waals surface area contributed by atoms with Gasteiger partial charge in [0, 0.05) is 22.7 Å². The highest BCUT2D eigenvalue weighted by Crippen LogP contribution is 2.38. The van der Waals surface area contributed by atoms with E-state index in [1.807, 2.05) is 24.4 Å². The molecular weight excluding hydrogens is 319 g/mol. The van der Waals surface area contributed by atoms with Crippen molar-refractivity contribution in [1.29, 1.82) is 0 Å². The predicted molar refractivity (Wildman–Crippen MR) is 93.6 cm³/mol. The molecule has 1 aliphatic carbocycles. The Morgan fingerprint density at radius 2 is 1.92 bits per heavy atom. The number of amides is 1. The van der Waals surface area contributed by atoms with E-state index < -0.39 is 0 Å². The molecule has 4 nitrogen and oxygen atoms in total. The van der Waals surface area contributed by atoms with Gasteiger partial charge in [0.25, 0.3) is 5.91 Å². The fourth-order valence-corrected chi connectivity index (χ4v) is 3.46. The lowest BCUT2D eigenvalue weighted by Gasteiger charge is -2.38. The number of aliphatic hydroxyl groups excluding tert-OH is 1. The second kappa shape index (κ2) is 6.33. The van der Waals surface area contributed by atoms with Crippen molar-refractivity contribution in [3.63, 3.8) is 0 Å². The van der Waals surface area contributed by atoms with Crippen LogP contribution in [0.2, 0.25) is 0 Å². The third-order valence-corrected chi connectivity index (χ3v) is 4.95. The summed E-state index contributed by atoms with van der Waals surface area (Å²) in [6, 6.07) is 13.4. The molecule has 0 radical (unpaired) electrons. The first-order valence-corrected chi connectivity index (χ1v) is 8.42. The Bertz CT molecular complexity index is 897. The lowest BCUT2D eigenvalue weighted by molar-refractivity contribution is 0.0235. The minimum absolute atomic E-state index is 0.153. The third kappa shape index (κ3) is 3.15. The molecule has 0 bridgehead atoms. The van der Waals surface area contributed by atoms with Crippen molar-refractivity contribution in [3.05, 3.63) is 71.7 Å². The number of hydrogen-bond donors (Lipinski definition) is 3. The Hall–Kier alpha value is -2.66. The van der Waals surface area contributed by atoms with Gasteiger partial charge in [-0.2, -0.15) is 0 Å². The van der Waals surface area contributed by atoms with E-state index in [1.54, 1.807) is 18.2 Å². The monoisotopic (exact) mass is 338 g/mol. The highest BCUT2D eigenvalue weighted by molar-refractivity contribution is 5.98. The molecule has 5 heteroatoms. The maximum atomic E-state index is 13.2. The van der Waals surface area contributed by atoms with Gasteiger partial charge in [0.05, 0.1) is 12.1 Å². The smallest absolute Gasteiger partial charge is 0.251 e. The Labute approximate surface area is 144 Å². The van der Waals surface area contributed by atoms with Gasteiger partial charge in [-0.25, -0.2) is 4.39 Å². The lowest BCUT2D eigenvalue weighted by atomic mass is 9.75. The number of carbonyl (C=O) groups is 1. The van der Waals surface area contributed by atoms with Crippen molar-refractivity contribution in [2.24, 2.45) is 5.92 Å². The second-order valence-electron chi connectivity index (χ2n) is 6.67. The van der Waals surface area contributed by atoms with Crippen LogP contribution in [0.25, 0.3) is 10.9 Å². The first kappa shape index (κ1) is 15.8. The van der Waals surface area contributed by atoms with Crippen LogP contribution >= 0.6 is 0 Å². The van der Waals surface area contributed by atoms with Crippen LogP contribution in [0.5, 0.6) is 0 Å². The number of aromatic nitrogens is 1. The molecule has 2 aromatic carbocycles. The van der Waals surface area contributed by atoms with E-state index in [0.29, 0.717) is 18.4 Å². The van der Waals surface area contributed by atoms with Crippen molar-refractivity contribution in [3.8, 4) is 0 Å². The van der Waals surface area contributed by atoms with Crippen LogP contribution < -0.4 is 5.32 Å². The summed E-state index contributed by atoms with van der Waals surface area (Å²) >= 11 is 0. The largest absolute Gasteiger partial charge is 0.393 e. The van der Waals surface area contributed by atoms with E-state index in [2.05, 4.69) is 10.3 Å². The summed E-state index contributed by atoms with van der Waals surface area (Å²) in [6.07, 6.45) is 2.79. The fourth-order valence-electron chi connectivity index (χ4n) is 3.46. The molecular formula is C20H19FN2O2. The number of hydrogen-bond acceptors (Lipinski definition) is 2. The van der Waals surface area contributed by atoms with E-state index in [0.717, 1.165) is 16.5 Å². The van der Waals surface area contributed by atoms with Gasteiger partial charge in [-0.3, -0.25) is 4.79 Å². The Morgan fingerprint density at radius 1 is 1.16 bits per heavy atom. The molecule has 0 spiro atoms. The first-order valence-electron chi connectivity index (χ1n) is 8.42. The topological polar surface area (TPSA) is 65.1 Å². The molecule has 25 heavy (non-hydrogen) atoms. The standard InChI is InChI=1S/C20H19FN2O2/c21-16-4-1-12(2-5-16)19(15-10-17(24)11-15)23-20(25)14-3-6-18-13(9-14)7-8-22-18/h1-9,15,17,19,22,24H,10-11H2,(H,23,25). The molecule has 1 unspecified atom stereocenters. The average Bonchev–Trinajstić information content (AvgIpc) is 3.05. The zero-order valence-electron chi connectivity index (χ0n) is 13.6. The van der Waals surface area contributed by atoms with Crippen molar-refractivity contribution in [2.45, 2.75) is 25.0 Å². The van der Waals surface area contributed by atoms with Crippen LogP contribution in [0.15, 0.2) is 54.7 Å². The highest BCUT2D eigenvalue weighted by Gasteiger charge is 2.35. The Balaban J connectivity index is 1.58. The third-order valence-electron chi connectivity index (χ3n) is 4.95. The zero-order valence-corrected chi connectivity index (χ0v) is 13.6. The van der Waals surface area contributed by atoms with Gasteiger partial charge in [0.2, 0.25) is 0 Å². The van der Waals surface area contributed by atoms with Crippen LogP contribution in [0, 0.1) is 11.7 Å². The number of H-pyrrole nitrogens is 1. The summed E-state index contributed by atoms with van der Waals surface area (Å²) in [4.78, 5) is 15.8. The summed E-state index contributed by atoms with van der Waals surface area (Å²) in [5.41, 5.74) is 2.42. The predicted octanol–water partition coefficient (Wildman–Crippen LogP) is 3.55. The first-order chi connectivity index (χ1) is 12.1. The number of fused-ring (bicyclic) bond motifs is 1. The molecule has 1 saturated carbocycles. The zero-order chi connectivity index (χ0) is 17.4. The summed E-state index contributed by atoms with van der Waals surface area (Å²) < 4.78 is 13.2. The average molecular weight is 338 g/mol. The van der Waals surface area contributed by atoms with Crippen LogP contribution in [-0.4, -0.2) is 22.1 Å². The van der Waals surface area contributed by atoms with Gasteiger partial charge in [0.15, 0.2) is 0 Å². The van der Waals surface area contributed by atoms with Crippen molar-refractivity contribution in [1.82, 2.24) is 10.3 Å². The molecule has 4 rings (SSSR count). The van der Waals surface area contributed by atoms with Crippen LogP contribution in [0.1, 0.15) is 34.8 Å². The molecule has 1 atom stereocenters. The van der Waals surface area contributed by atoms with Crippen LogP contribution in [0.4, 0.5) is 4.39 Å². The molecule has 128 valence electrons. The fraction of sp³-hybridized carbons (Fsp3) is 0.250. The van der Waals surface area contributed by atoms with E-state index in [4.69, 9.17) is 0 Å². The number of aromatic amines is 1. The lowest BCUT2D eigenvalue weighted by Crippen LogP contribution is -2.41. The SMILES string of the molecule is O=C(NC(c1ccc(F)cc1)C1CC(O)C1)c1ccc2[nH]ccc2c1. The second-order valence-corrected chi connectivity index (χ2v) is 6.67. The number of halogens is 1. The summed E-state index contributed by atoms with van der Waals surface area (Å²) in [7, 11) is 0. The number of benzene rings is 2. The van der Waals surface area contributed by atoms with Gasteiger partial charge < -0.3 is 15.4 Å². The molecule has 1 heterocycles. The van der Waals surface area contributed by atoms with Crippen molar-refractivity contribution >= 4 is 16.8 Å². The minimum Gasteiger partial charge on any atom is -0.393 e. The van der Waals surface area contributed by atoms with Crippen molar-refractivity contribution < 1.29 is 14.3 Å². The number of nitrogens with one attached hydrogen (secondary N) is 2. The molecule has 1 fully saturated rings.